The molecule has 2 aromatic rings. The summed E-state index contributed by atoms with van der Waals surface area (Å²) < 4.78 is 0. The lowest BCUT2D eigenvalue weighted by Gasteiger charge is -2.48. The number of hydrogen-bond donors (Lipinski definition) is 1. The van der Waals surface area contributed by atoms with Crippen LogP contribution in [0.25, 0.3) is 0 Å². The van der Waals surface area contributed by atoms with Crippen LogP contribution in [0, 0.1) is 11.8 Å². The summed E-state index contributed by atoms with van der Waals surface area (Å²) in [5, 5.41) is 3.91. The standard InChI is InChI=1S/C20H22ClN/c21-19-11-12-20(15-7-3-1-4-8-15,16-9-5-2-6-10-16)18-14-22-13-17(18)19/h1-10,17-19,22H,11-14H2/t17-,18?,19?/m0/s1. The maximum absolute atomic E-state index is 6.68. The van der Waals surface area contributed by atoms with Crippen molar-refractivity contribution in [3.05, 3.63) is 71.8 Å². The SMILES string of the molecule is ClC1CCC(c2ccccc2)(c2ccccc2)C2CNC[C@H]12. The Kier molecular flexibility index (Phi) is 3.71. The molecule has 0 amide bonds. The first-order valence-corrected chi connectivity index (χ1v) is 8.72. The molecule has 0 bridgehead atoms. The zero-order valence-corrected chi connectivity index (χ0v) is 13.5. The summed E-state index contributed by atoms with van der Waals surface area (Å²) in [5.74, 6) is 1.14. The summed E-state index contributed by atoms with van der Waals surface area (Å²) in [6, 6.07) is 22.1. The van der Waals surface area contributed by atoms with Gasteiger partial charge in [0.05, 0.1) is 0 Å². The Morgan fingerprint density at radius 3 is 2.05 bits per heavy atom. The highest BCUT2D eigenvalue weighted by atomic mass is 35.5. The van der Waals surface area contributed by atoms with Gasteiger partial charge in [0, 0.05) is 10.8 Å². The number of benzene rings is 2. The van der Waals surface area contributed by atoms with Gasteiger partial charge in [0.15, 0.2) is 0 Å². The highest BCUT2D eigenvalue weighted by Gasteiger charge is 2.52. The van der Waals surface area contributed by atoms with Gasteiger partial charge in [0.2, 0.25) is 0 Å². The molecule has 2 aliphatic rings. The third-order valence-corrected chi connectivity index (χ3v) is 6.29. The van der Waals surface area contributed by atoms with E-state index < -0.39 is 0 Å². The Bertz CT molecular complexity index is 585. The molecule has 0 aromatic heterocycles. The van der Waals surface area contributed by atoms with Gasteiger partial charge in [-0.2, -0.15) is 0 Å². The maximum atomic E-state index is 6.68. The normalized spacial score (nSPS) is 30.0. The predicted molar refractivity (Wildman–Crippen MR) is 92.4 cm³/mol. The van der Waals surface area contributed by atoms with Crippen LogP contribution in [0.3, 0.4) is 0 Å². The van der Waals surface area contributed by atoms with E-state index in [0.29, 0.717) is 17.2 Å². The zero-order valence-electron chi connectivity index (χ0n) is 12.7. The summed E-state index contributed by atoms with van der Waals surface area (Å²) in [6.07, 6.45) is 2.23. The molecule has 0 spiro atoms. The molecule has 2 unspecified atom stereocenters. The van der Waals surface area contributed by atoms with Crippen LogP contribution >= 0.6 is 11.6 Å². The van der Waals surface area contributed by atoms with Gasteiger partial charge in [0.25, 0.3) is 0 Å². The highest BCUT2D eigenvalue weighted by molar-refractivity contribution is 6.20. The lowest BCUT2D eigenvalue weighted by Crippen LogP contribution is -2.47. The van der Waals surface area contributed by atoms with Crippen molar-refractivity contribution in [2.75, 3.05) is 13.1 Å². The van der Waals surface area contributed by atoms with E-state index in [4.69, 9.17) is 11.6 Å². The molecule has 1 saturated carbocycles. The first-order chi connectivity index (χ1) is 10.8. The summed E-state index contributed by atoms with van der Waals surface area (Å²) in [4.78, 5) is 0. The van der Waals surface area contributed by atoms with E-state index in [9.17, 15) is 0 Å². The van der Waals surface area contributed by atoms with Crippen molar-refractivity contribution in [1.82, 2.24) is 5.32 Å². The van der Waals surface area contributed by atoms with Crippen molar-refractivity contribution >= 4 is 11.6 Å². The minimum absolute atomic E-state index is 0.0993. The van der Waals surface area contributed by atoms with Gasteiger partial charge in [-0.25, -0.2) is 0 Å². The molecular formula is C20H22ClN. The Morgan fingerprint density at radius 1 is 0.864 bits per heavy atom. The smallest absolute Gasteiger partial charge is 0.0380 e. The van der Waals surface area contributed by atoms with Gasteiger partial charge in [-0.3, -0.25) is 0 Å². The topological polar surface area (TPSA) is 12.0 Å². The monoisotopic (exact) mass is 311 g/mol. The Balaban J connectivity index is 1.90. The van der Waals surface area contributed by atoms with Crippen molar-refractivity contribution in [2.24, 2.45) is 11.8 Å². The van der Waals surface area contributed by atoms with Crippen LogP contribution in [0.1, 0.15) is 24.0 Å². The fourth-order valence-corrected chi connectivity index (χ4v) is 5.11. The number of halogens is 1. The van der Waals surface area contributed by atoms with Crippen molar-refractivity contribution in [3.63, 3.8) is 0 Å². The van der Waals surface area contributed by atoms with Crippen LogP contribution in [-0.4, -0.2) is 18.5 Å². The fourth-order valence-electron chi connectivity index (χ4n) is 4.74. The second kappa shape index (κ2) is 5.72. The summed E-state index contributed by atoms with van der Waals surface area (Å²) in [6.45, 7) is 2.12. The largest absolute Gasteiger partial charge is 0.316 e. The molecule has 1 saturated heterocycles. The first kappa shape index (κ1) is 14.3. The molecule has 2 heteroatoms. The average Bonchev–Trinajstić information content (AvgIpc) is 3.08. The lowest BCUT2D eigenvalue weighted by molar-refractivity contribution is 0.193. The predicted octanol–water partition coefficient (Wildman–Crippen LogP) is 4.21. The highest BCUT2D eigenvalue weighted by Crippen LogP contribution is 2.53. The number of alkyl halides is 1. The van der Waals surface area contributed by atoms with Gasteiger partial charge in [-0.15, -0.1) is 11.6 Å². The number of rotatable bonds is 2. The summed E-state index contributed by atoms with van der Waals surface area (Å²) in [7, 11) is 0. The van der Waals surface area contributed by atoms with E-state index in [-0.39, 0.29) is 5.41 Å². The lowest BCUT2D eigenvalue weighted by atomic mass is 9.56. The molecule has 1 aliphatic carbocycles. The second-order valence-corrected chi connectivity index (χ2v) is 7.25. The Morgan fingerprint density at radius 2 is 1.45 bits per heavy atom. The van der Waals surface area contributed by atoms with E-state index in [2.05, 4.69) is 66.0 Å². The van der Waals surface area contributed by atoms with Gasteiger partial charge >= 0.3 is 0 Å². The van der Waals surface area contributed by atoms with Crippen molar-refractivity contribution in [1.29, 1.82) is 0 Å². The van der Waals surface area contributed by atoms with Gasteiger partial charge in [0.1, 0.15) is 0 Å². The number of nitrogens with one attached hydrogen (secondary N) is 1. The third kappa shape index (κ3) is 2.11. The van der Waals surface area contributed by atoms with E-state index in [1.807, 2.05) is 0 Å². The van der Waals surface area contributed by atoms with E-state index in [1.54, 1.807) is 0 Å². The van der Waals surface area contributed by atoms with Crippen molar-refractivity contribution in [2.45, 2.75) is 23.6 Å². The third-order valence-electron chi connectivity index (χ3n) is 5.75. The minimum atomic E-state index is 0.0993. The molecular weight excluding hydrogens is 290 g/mol. The number of fused-ring (bicyclic) bond motifs is 1. The van der Waals surface area contributed by atoms with Crippen molar-refractivity contribution in [3.8, 4) is 0 Å². The average molecular weight is 312 g/mol. The fraction of sp³-hybridized carbons (Fsp3) is 0.400. The molecule has 1 heterocycles. The quantitative estimate of drug-likeness (QED) is 0.819. The first-order valence-electron chi connectivity index (χ1n) is 8.28. The Labute approximate surface area is 137 Å². The molecule has 1 nitrogen and oxygen atoms in total. The van der Waals surface area contributed by atoms with Gasteiger partial charge in [-0.1, -0.05) is 60.7 Å². The zero-order chi connectivity index (χ0) is 15.0. The molecule has 2 fully saturated rings. The van der Waals surface area contributed by atoms with Crippen molar-refractivity contribution < 1.29 is 0 Å². The van der Waals surface area contributed by atoms with E-state index in [0.717, 1.165) is 25.9 Å². The van der Waals surface area contributed by atoms with E-state index in [1.165, 1.54) is 11.1 Å². The molecule has 114 valence electrons. The van der Waals surface area contributed by atoms with Crippen LogP contribution in [0.15, 0.2) is 60.7 Å². The maximum Gasteiger partial charge on any atom is 0.0380 e. The van der Waals surface area contributed by atoms with Gasteiger partial charge < -0.3 is 5.32 Å². The molecule has 2 aromatic carbocycles. The summed E-state index contributed by atoms with van der Waals surface area (Å²) in [5.41, 5.74) is 2.99. The second-order valence-electron chi connectivity index (χ2n) is 6.69. The molecule has 4 rings (SSSR count). The molecule has 22 heavy (non-hydrogen) atoms. The Hall–Kier alpha value is -1.31. The molecule has 1 aliphatic heterocycles. The van der Waals surface area contributed by atoms with Crippen LogP contribution in [0.4, 0.5) is 0 Å². The van der Waals surface area contributed by atoms with Crippen LogP contribution in [-0.2, 0) is 5.41 Å². The van der Waals surface area contributed by atoms with Crippen LogP contribution < -0.4 is 5.32 Å². The number of hydrogen-bond acceptors (Lipinski definition) is 1. The molecule has 1 N–H and O–H groups in total. The van der Waals surface area contributed by atoms with E-state index >= 15 is 0 Å². The van der Waals surface area contributed by atoms with Crippen LogP contribution in [0.2, 0.25) is 0 Å². The molecule has 0 radical (unpaired) electrons. The van der Waals surface area contributed by atoms with Crippen LogP contribution in [0.5, 0.6) is 0 Å². The summed E-state index contributed by atoms with van der Waals surface area (Å²) >= 11 is 6.68. The minimum Gasteiger partial charge on any atom is -0.316 e. The van der Waals surface area contributed by atoms with Gasteiger partial charge in [-0.05, 0) is 48.9 Å². The molecule has 3 atom stereocenters.